The molecule has 0 radical (unpaired) electrons. The summed E-state index contributed by atoms with van der Waals surface area (Å²) in [4.78, 5) is 24.4. The minimum absolute atomic E-state index is 0.210. The van der Waals surface area contributed by atoms with E-state index in [1.54, 1.807) is 60.7 Å². The summed E-state index contributed by atoms with van der Waals surface area (Å²) < 4.78 is 25.2. The molecule has 3 aromatic rings. The Morgan fingerprint density at radius 1 is 0.969 bits per heavy atom. The first-order chi connectivity index (χ1) is 15.4. The molecule has 0 spiro atoms. The topological polar surface area (TPSA) is 76.7 Å². The summed E-state index contributed by atoms with van der Waals surface area (Å²) in [6, 6.07) is 18.1. The van der Waals surface area contributed by atoms with E-state index in [2.05, 4.69) is 26.6 Å². The highest BCUT2D eigenvalue weighted by molar-refractivity contribution is 9.10. The van der Waals surface area contributed by atoms with Gasteiger partial charge in [0.05, 0.1) is 7.11 Å². The second-order valence-corrected chi connectivity index (χ2v) is 7.47. The van der Waals surface area contributed by atoms with E-state index in [-0.39, 0.29) is 18.1 Å². The van der Waals surface area contributed by atoms with E-state index in [1.165, 1.54) is 25.3 Å². The molecule has 0 saturated heterocycles. The number of benzene rings is 3. The number of anilines is 2. The molecule has 8 heteroatoms. The Hall–Kier alpha value is -3.65. The lowest BCUT2D eigenvalue weighted by molar-refractivity contribution is -0.118. The molecule has 2 N–H and O–H groups in total. The van der Waals surface area contributed by atoms with Crippen LogP contribution in [-0.2, 0) is 9.59 Å². The first-order valence-corrected chi connectivity index (χ1v) is 10.3. The van der Waals surface area contributed by atoms with Gasteiger partial charge < -0.3 is 20.1 Å². The SMILES string of the molecule is COc1ccccc1OCC(=O)Nc1cccc(NC(=O)/C=C/c2cc(Br)ccc2F)c1. The molecular formula is C24H20BrFN2O4. The summed E-state index contributed by atoms with van der Waals surface area (Å²) in [5, 5.41) is 5.38. The fourth-order valence-corrected chi connectivity index (χ4v) is 3.12. The van der Waals surface area contributed by atoms with Crippen LogP contribution in [0.3, 0.4) is 0 Å². The number of methoxy groups -OCH3 is 1. The number of amides is 2. The van der Waals surface area contributed by atoms with Crippen LogP contribution in [0.15, 0.2) is 77.3 Å². The van der Waals surface area contributed by atoms with Crippen LogP contribution in [0.5, 0.6) is 11.5 Å². The van der Waals surface area contributed by atoms with Gasteiger partial charge in [0.25, 0.3) is 5.91 Å². The van der Waals surface area contributed by atoms with Crippen molar-refractivity contribution in [3.63, 3.8) is 0 Å². The molecule has 3 rings (SSSR count). The molecule has 0 atom stereocenters. The van der Waals surface area contributed by atoms with Crippen LogP contribution >= 0.6 is 15.9 Å². The molecule has 0 aromatic heterocycles. The maximum absolute atomic E-state index is 13.8. The molecule has 0 saturated carbocycles. The highest BCUT2D eigenvalue weighted by atomic mass is 79.9. The number of nitrogens with one attached hydrogen (secondary N) is 2. The molecule has 0 aliphatic carbocycles. The average molecular weight is 499 g/mol. The zero-order chi connectivity index (χ0) is 22.9. The van der Waals surface area contributed by atoms with Gasteiger partial charge in [-0.05, 0) is 54.6 Å². The Labute approximate surface area is 193 Å². The Bertz CT molecular complexity index is 1150. The highest BCUT2D eigenvalue weighted by Crippen LogP contribution is 2.25. The molecule has 3 aromatic carbocycles. The van der Waals surface area contributed by atoms with Gasteiger partial charge in [-0.2, -0.15) is 0 Å². The van der Waals surface area contributed by atoms with E-state index in [9.17, 15) is 14.0 Å². The second-order valence-electron chi connectivity index (χ2n) is 6.56. The molecule has 0 unspecified atom stereocenters. The van der Waals surface area contributed by atoms with Crippen LogP contribution < -0.4 is 20.1 Å². The minimum atomic E-state index is -0.438. The Morgan fingerprint density at radius 3 is 2.44 bits per heavy atom. The van der Waals surface area contributed by atoms with Gasteiger partial charge in [0, 0.05) is 27.5 Å². The van der Waals surface area contributed by atoms with Crippen LogP contribution in [-0.4, -0.2) is 25.5 Å². The van der Waals surface area contributed by atoms with E-state index in [0.717, 1.165) is 0 Å². The van der Waals surface area contributed by atoms with Crippen molar-refractivity contribution in [2.45, 2.75) is 0 Å². The summed E-state index contributed by atoms with van der Waals surface area (Å²) in [6.45, 7) is -0.210. The maximum atomic E-state index is 13.8. The van der Waals surface area contributed by atoms with Gasteiger partial charge >= 0.3 is 0 Å². The lowest BCUT2D eigenvalue weighted by Crippen LogP contribution is -2.20. The summed E-state index contributed by atoms with van der Waals surface area (Å²) >= 11 is 3.27. The minimum Gasteiger partial charge on any atom is -0.493 e. The molecule has 0 fully saturated rings. The number of hydrogen-bond donors (Lipinski definition) is 2. The maximum Gasteiger partial charge on any atom is 0.262 e. The predicted octanol–water partition coefficient (Wildman–Crippen LogP) is 5.27. The predicted molar refractivity (Wildman–Crippen MR) is 125 cm³/mol. The van der Waals surface area contributed by atoms with Gasteiger partial charge in [-0.15, -0.1) is 0 Å². The van der Waals surface area contributed by atoms with Crippen molar-refractivity contribution < 1.29 is 23.5 Å². The molecule has 0 aliphatic heterocycles. The van der Waals surface area contributed by atoms with Gasteiger partial charge in [-0.3, -0.25) is 9.59 Å². The number of hydrogen-bond acceptors (Lipinski definition) is 4. The van der Waals surface area contributed by atoms with Gasteiger partial charge in [-0.25, -0.2) is 4.39 Å². The van der Waals surface area contributed by atoms with Gasteiger partial charge in [-0.1, -0.05) is 34.1 Å². The van der Waals surface area contributed by atoms with Crippen LogP contribution in [0.2, 0.25) is 0 Å². The Kier molecular flexibility index (Phi) is 7.99. The molecular weight excluding hydrogens is 479 g/mol. The van der Waals surface area contributed by atoms with Crippen LogP contribution in [0.1, 0.15) is 5.56 Å². The van der Waals surface area contributed by atoms with Crippen molar-refractivity contribution in [1.29, 1.82) is 0 Å². The normalized spacial score (nSPS) is 10.6. The number of ether oxygens (including phenoxy) is 2. The quantitative estimate of drug-likeness (QED) is 0.415. The molecule has 6 nitrogen and oxygen atoms in total. The van der Waals surface area contributed by atoms with Gasteiger partial charge in [0.15, 0.2) is 18.1 Å². The third-order valence-electron chi connectivity index (χ3n) is 4.21. The van der Waals surface area contributed by atoms with Crippen molar-refractivity contribution in [3.05, 3.63) is 88.7 Å². The zero-order valence-corrected chi connectivity index (χ0v) is 18.7. The number of para-hydroxylation sites is 2. The van der Waals surface area contributed by atoms with Gasteiger partial charge in [0.1, 0.15) is 5.82 Å². The van der Waals surface area contributed by atoms with Crippen LogP contribution in [0, 0.1) is 5.82 Å². The van der Waals surface area contributed by atoms with E-state index in [4.69, 9.17) is 9.47 Å². The van der Waals surface area contributed by atoms with Crippen molar-refractivity contribution in [1.82, 2.24) is 0 Å². The average Bonchev–Trinajstić information content (AvgIpc) is 2.78. The summed E-state index contributed by atoms with van der Waals surface area (Å²) in [5.41, 5.74) is 1.24. The molecule has 164 valence electrons. The largest absolute Gasteiger partial charge is 0.493 e. The third-order valence-corrected chi connectivity index (χ3v) is 4.71. The fourth-order valence-electron chi connectivity index (χ4n) is 2.74. The van der Waals surface area contributed by atoms with Crippen molar-refractivity contribution in [2.75, 3.05) is 24.4 Å². The highest BCUT2D eigenvalue weighted by Gasteiger charge is 2.08. The monoisotopic (exact) mass is 498 g/mol. The second kappa shape index (κ2) is 11.1. The Balaban J connectivity index is 1.56. The first-order valence-electron chi connectivity index (χ1n) is 9.54. The third kappa shape index (κ3) is 6.68. The lowest BCUT2D eigenvalue weighted by Gasteiger charge is -2.11. The van der Waals surface area contributed by atoms with Gasteiger partial charge in [0.2, 0.25) is 5.91 Å². The summed E-state index contributed by atoms with van der Waals surface area (Å²) in [7, 11) is 1.52. The fraction of sp³-hybridized carbons (Fsp3) is 0.0833. The van der Waals surface area contributed by atoms with Crippen molar-refractivity contribution in [3.8, 4) is 11.5 Å². The van der Waals surface area contributed by atoms with Crippen molar-refractivity contribution in [2.24, 2.45) is 0 Å². The smallest absolute Gasteiger partial charge is 0.262 e. The van der Waals surface area contributed by atoms with Crippen molar-refractivity contribution >= 4 is 45.2 Å². The zero-order valence-electron chi connectivity index (χ0n) is 17.1. The lowest BCUT2D eigenvalue weighted by atomic mass is 10.2. The molecule has 2 amide bonds. The summed E-state index contributed by atoms with van der Waals surface area (Å²) in [6.07, 6.45) is 2.62. The molecule has 0 bridgehead atoms. The van der Waals surface area contributed by atoms with E-state index < -0.39 is 11.7 Å². The number of carbonyl (C=O) groups is 2. The van der Waals surface area contributed by atoms with E-state index in [1.807, 2.05) is 0 Å². The Morgan fingerprint density at radius 2 is 1.69 bits per heavy atom. The van der Waals surface area contributed by atoms with E-state index >= 15 is 0 Å². The number of halogens is 2. The van der Waals surface area contributed by atoms with Crippen LogP contribution in [0.25, 0.3) is 6.08 Å². The molecule has 32 heavy (non-hydrogen) atoms. The number of rotatable bonds is 8. The standard InChI is InChI=1S/C24H20BrFN2O4/c1-31-21-7-2-3-8-22(21)32-15-24(30)28-19-6-4-5-18(14-19)27-23(29)12-9-16-13-17(25)10-11-20(16)26/h2-14H,15H2,1H3,(H,27,29)(H,28,30)/b12-9+. The van der Waals surface area contributed by atoms with E-state index in [0.29, 0.717) is 27.3 Å². The first kappa shape index (κ1) is 23.0. The number of carbonyl (C=O) groups excluding carboxylic acids is 2. The summed E-state index contributed by atoms with van der Waals surface area (Å²) in [5.74, 6) is -0.255. The van der Waals surface area contributed by atoms with Crippen LogP contribution in [0.4, 0.5) is 15.8 Å². The molecule has 0 aliphatic rings. The molecule has 0 heterocycles.